The summed E-state index contributed by atoms with van der Waals surface area (Å²) >= 11 is 0. The highest BCUT2D eigenvalue weighted by Crippen LogP contribution is 2.40. The summed E-state index contributed by atoms with van der Waals surface area (Å²) in [5.41, 5.74) is 3.10. The zero-order chi connectivity index (χ0) is 19.5. The summed E-state index contributed by atoms with van der Waals surface area (Å²) < 4.78 is 11.9. The molecule has 0 spiro atoms. The van der Waals surface area contributed by atoms with Gasteiger partial charge in [-0.25, -0.2) is 15.0 Å². The Hall–Kier alpha value is -3.15. The molecule has 4 rings (SSSR count). The van der Waals surface area contributed by atoms with E-state index in [0.717, 1.165) is 29.8 Å². The minimum Gasteiger partial charge on any atom is -0.492 e. The van der Waals surface area contributed by atoms with Crippen molar-refractivity contribution in [1.29, 1.82) is 0 Å². The number of hydrogen-bond donors (Lipinski definition) is 0. The molecule has 144 valence electrons. The van der Waals surface area contributed by atoms with Gasteiger partial charge < -0.3 is 14.4 Å². The van der Waals surface area contributed by atoms with Crippen LogP contribution in [0.4, 0.5) is 5.95 Å². The van der Waals surface area contributed by atoms with E-state index in [1.54, 1.807) is 18.6 Å². The van der Waals surface area contributed by atoms with E-state index in [2.05, 4.69) is 34.9 Å². The fourth-order valence-corrected chi connectivity index (χ4v) is 3.40. The molecule has 0 atom stereocenters. The van der Waals surface area contributed by atoms with Gasteiger partial charge in [-0.1, -0.05) is 32.0 Å². The van der Waals surface area contributed by atoms with Crippen LogP contribution in [0.2, 0.25) is 0 Å². The smallest absolute Gasteiger partial charge is 0.227 e. The van der Waals surface area contributed by atoms with Gasteiger partial charge in [-0.15, -0.1) is 0 Å². The SMILES string of the molecule is CC(C)CN(C)c1ncc(Oc2ncccc2-c2cccc3c2OCC3)cn1. The lowest BCUT2D eigenvalue weighted by atomic mass is 10.0. The highest BCUT2D eigenvalue weighted by molar-refractivity contribution is 5.76. The van der Waals surface area contributed by atoms with Gasteiger partial charge in [0.15, 0.2) is 5.75 Å². The summed E-state index contributed by atoms with van der Waals surface area (Å²) in [6.07, 6.45) is 6.01. The first kappa shape index (κ1) is 18.2. The molecule has 1 aromatic carbocycles. The van der Waals surface area contributed by atoms with Crippen LogP contribution in [-0.2, 0) is 6.42 Å². The lowest BCUT2D eigenvalue weighted by Gasteiger charge is -2.19. The van der Waals surface area contributed by atoms with Crippen LogP contribution >= 0.6 is 0 Å². The molecule has 0 aliphatic carbocycles. The monoisotopic (exact) mass is 376 g/mol. The van der Waals surface area contributed by atoms with Crippen LogP contribution in [0.25, 0.3) is 11.1 Å². The molecular formula is C22H24N4O2. The first-order chi connectivity index (χ1) is 13.6. The van der Waals surface area contributed by atoms with Gasteiger partial charge in [0.25, 0.3) is 0 Å². The Bertz CT molecular complexity index is 957. The van der Waals surface area contributed by atoms with E-state index < -0.39 is 0 Å². The number of benzene rings is 1. The van der Waals surface area contributed by atoms with Gasteiger partial charge in [-0.05, 0) is 23.6 Å². The molecule has 0 bridgehead atoms. The molecule has 3 aromatic rings. The summed E-state index contributed by atoms with van der Waals surface area (Å²) in [6.45, 7) is 5.94. The van der Waals surface area contributed by atoms with Crippen molar-refractivity contribution in [1.82, 2.24) is 15.0 Å². The third kappa shape index (κ3) is 3.76. The number of ether oxygens (including phenoxy) is 2. The molecule has 0 saturated heterocycles. The zero-order valence-corrected chi connectivity index (χ0v) is 16.4. The van der Waals surface area contributed by atoms with E-state index in [9.17, 15) is 0 Å². The van der Waals surface area contributed by atoms with E-state index in [1.165, 1.54) is 5.56 Å². The molecule has 1 aliphatic heterocycles. The second-order valence-corrected chi connectivity index (χ2v) is 7.34. The second-order valence-electron chi connectivity index (χ2n) is 7.34. The highest BCUT2D eigenvalue weighted by atomic mass is 16.5. The standard InChI is InChI=1S/C22H24N4O2/c1-15(2)14-26(3)22-24-12-17(13-25-22)28-21-19(8-5-10-23-21)18-7-4-6-16-9-11-27-20(16)18/h4-8,10,12-13,15H,9,11,14H2,1-3H3. The third-order valence-electron chi connectivity index (χ3n) is 4.59. The maximum Gasteiger partial charge on any atom is 0.227 e. The van der Waals surface area contributed by atoms with Crippen molar-refractivity contribution in [2.75, 3.05) is 25.1 Å². The molecule has 0 N–H and O–H groups in total. The molecule has 2 aromatic heterocycles. The number of nitrogens with zero attached hydrogens (tertiary/aromatic N) is 4. The van der Waals surface area contributed by atoms with Crippen molar-refractivity contribution in [2.45, 2.75) is 20.3 Å². The van der Waals surface area contributed by atoms with Crippen LogP contribution in [-0.4, -0.2) is 35.2 Å². The number of para-hydroxylation sites is 1. The van der Waals surface area contributed by atoms with E-state index in [0.29, 0.717) is 30.1 Å². The highest BCUT2D eigenvalue weighted by Gasteiger charge is 2.20. The molecule has 6 nitrogen and oxygen atoms in total. The van der Waals surface area contributed by atoms with E-state index in [4.69, 9.17) is 9.47 Å². The van der Waals surface area contributed by atoms with Gasteiger partial charge in [0.1, 0.15) is 5.75 Å². The molecule has 3 heterocycles. The lowest BCUT2D eigenvalue weighted by Crippen LogP contribution is -2.24. The summed E-state index contributed by atoms with van der Waals surface area (Å²) in [5, 5.41) is 0. The number of anilines is 1. The Morgan fingerprint density at radius 2 is 1.86 bits per heavy atom. The molecule has 0 unspecified atom stereocenters. The van der Waals surface area contributed by atoms with Gasteiger partial charge in [0, 0.05) is 37.3 Å². The first-order valence-electron chi connectivity index (χ1n) is 9.53. The lowest BCUT2D eigenvalue weighted by molar-refractivity contribution is 0.357. The zero-order valence-electron chi connectivity index (χ0n) is 16.4. The van der Waals surface area contributed by atoms with E-state index >= 15 is 0 Å². The number of hydrogen-bond acceptors (Lipinski definition) is 6. The van der Waals surface area contributed by atoms with Crippen LogP contribution < -0.4 is 14.4 Å². The summed E-state index contributed by atoms with van der Waals surface area (Å²) in [5.74, 6) is 3.20. The molecule has 1 aliphatic rings. The van der Waals surface area contributed by atoms with Crippen LogP contribution in [0.5, 0.6) is 17.4 Å². The van der Waals surface area contributed by atoms with Crippen molar-refractivity contribution < 1.29 is 9.47 Å². The fourth-order valence-electron chi connectivity index (χ4n) is 3.40. The Kier molecular flexibility index (Phi) is 5.10. The molecular weight excluding hydrogens is 352 g/mol. The molecule has 0 fully saturated rings. The molecule has 0 saturated carbocycles. The quantitative estimate of drug-likeness (QED) is 0.637. The van der Waals surface area contributed by atoms with Crippen molar-refractivity contribution in [2.24, 2.45) is 5.92 Å². The Labute approximate surface area is 165 Å². The first-order valence-corrected chi connectivity index (χ1v) is 9.53. The van der Waals surface area contributed by atoms with Crippen LogP contribution in [0.1, 0.15) is 19.4 Å². The van der Waals surface area contributed by atoms with Gasteiger partial charge in [-0.3, -0.25) is 0 Å². The largest absolute Gasteiger partial charge is 0.492 e. The van der Waals surface area contributed by atoms with Crippen LogP contribution in [0.3, 0.4) is 0 Å². The Morgan fingerprint density at radius 1 is 1.07 bits per heavy atom. The summed E-state index contributed by atoms with van der Waals surface area (Å²) in [6, 6.07) is 10.1. The van der Waals surface area contributed by atoms with E-state index in [1.807, 2.05) is 36.2 Å². The van der Waals surface area contributed by atoms with Gasteiger partial charge >= 0.3 is 0 Å². The maximum atomic E-state index is 6.03. The predicted octanol–water partition coefficient (Wildman–Crippen LogP) is 4.36. The minimum atomic E-state index is 0.512. The number of fused-ring (bicyclic) bond motifs is 1. The van der Waals surface area contributed by atoms with Gasteiger partial charge in [-0.2, -0.15) is 0 Å². The summed E-state index contributed by atoms with van der Waals surface area (Å²) in [4.78, 5) is 15.3. The normalized spacial score (nSPS) is 12.6. The molecule has 0 radical (unpaired) electrons. The number of pyridine rings is 1. The number of aromatic nitrogens is 3. The number of rotatable bonds is 6. The maximum absolute atomic E-state index is 6.03. The van der Waals surface area contributed by atoms with Crippen molar-refractivity contribution in [3.8, 4) is 28.5 Å². The van der Waals surface area contributed by atoms with Crippen molar-refractivity contribution >= 4 is 5.95 Å². The average Bonchev–Trinajstić information content (AvgIpc) is 3.17. The van der Waals surface area contributed by atoms with Crippen LogP contribution in [0.15, 0.2) is 48.9 Å². The summed E-state index contributed by atoms with van der Waals surface area (Å²) in [7, 11) is 1.99. The predicted molar refractivity (Wildman–Crippen MR) is 109 cm³/mol. The van der Waals surface area contributed by atoms with Crippen LogP contribution in [0, 0.1) is 5.92 Å². The minimum absolute atomic E-state index is 0.512. The molecule has 28 heavy (non-hydrogen) atoms. The Morgan fingerprint density at radius 3 is 2.64 bits per heavy atom. The molecule has 0 amide bonds. The molecule has 6 heteroatoms. The van der Waals surface area contributed by atoms with Gasteiger partial charge in [0.05, 0.1) is 19.0 Å². The third-order valence-corrected chi connectivity index (χ3v) is 4.59. The Balaban J connectivity index is 1.59. The fraction of sp³-hybridized carbons (Fsp3) is 0.318. The second kappa shape index (κ2) is 7.84. The average molecular weight is 376 g/mol. The van der Waals surface area contributed by atoms with Crippen molar-refractivity contribution in [3.63, 3.8) is 0 Å². The van der Waals surface area contributed by atoms with Gasteiger partial charge in [0.2, 0.25) is 11.8 Å². The van der Waals surface area contributed by atoms with Crippen molar-refractivity contribution in [3.05, 3.63) is 54.5 Å². The van der Waals surface area contributed by atoms with E-state index in [-0.39, 0.29) is 0 Å². The topological polar surface area (TPSA) is 60.4 Å².